The van der Waals surface area contributed by atoms with Crippen LogP contribution in [0.15, 0.2) is 0 Å². The maximum absolute atomic E-state index is 12.1. The number of primary amides is 1. The molecule has 0 aromatic rings. The monoisotopic (exact) mass is 301 g/mol. The Hall–Kier alpha value is -2.32. The number of ether oxygens (including phenoxy) is 1. The molecule has 0 aromatic heterocycles. The number of rotatable bonds is 6. The minimum absolute atomic E-state index is 0.199. The minimum atomic E-state index is -1.42. The second-order valence-electron chi connectivity index (χ2n) is 4.61. The lowest BCUT2D eigenvalue weighted by Crippen LogP contribution is -2.52. The van der Waals surface area contributed by atoms with Gasteiger partial charge in [0.15, 0.2) is 0 Å². The highest BCUT2D eigenvalue weighted by Gasteiger charge is 2.36. The molecule has 4 N–H and O–H groups in total. The van der Waals surface area contributed by atoms with E-state index in [9.17, 15) is 19.2 Å². The Morgan fingerprint density at radius 3 is 2.62 bits per heavy atom. The van der Waals surface area contributed by atoms with E-state index >= 15 is 0 Å². The predicted octanol–water partition coefficient (Wildman–Crippen LogP) is -0.948. The van der Waals surface area contributed by atoms with Crippen LogP contribution < -0.4 is 11.1 Å². The molecule has 1 fully saturated rings. The summed E-state index contributed by atoms with van der Waals surface area (Å²) in [6.07, 6.45) is 0.559. The molecular formula is C12H19N3O6. The Morgan fingerprint density at radius 1 is 1.43 bits per heavy atom. The average Bonchev–Trinajstić information content (AvgIpc) is 2.86. The molecule has 1 saturated heterocycles. The maximum Gasteiger partial charge on any atom is 0.328 e. The summed E-state index contributed by atoms with van der Waals surface area (Å²) in [5.41, 5.74) is 4.93. The molecule has 118 valence electrons. The Kier molecular flexibility index (Phi) is 5.94. The van der Waals surface area contributed by atoms with Crippen LogP contribution in [0.1, 0.15) is 26.2 Å². The molecule has 3 amide bonds. The first-order chi connectivity index (χ1) is 9.86. The molecule has 0 aromatic carbocycles. The van der Waals surface area contributed by atoms with E-state index in [0.717, 1.165) is 0 Å². The van der Waals surface area contributed by atoms with Crippen LogP contribution in [0.5, 0.6) is 0 Å². The first-order valence-electron chi connectivity index (χ1n) is 6.61. The first-order valence-corrected chi connectivity index (χ1v) is 6.61. The van der Waals surface area contributed by atoms with Gasteiger partial charge in [0.05, 0.1) is 13.0 Å². The Balaban J connectivity index is 2.70. The van der Waals surface area contributed by atoms with E-state index in [4.69, 9.17) is 15.6 Å². The van der Waals surface area contributed by atoms with Gasteiger partial charge in [0.25, 0.3) is 0 Å². The summed E-state index contributed by atoms with van der Waals surface area (Å²) in [4.78, 5) is 46.8. The number of carbonyl (C=O) groups excluding carboxylic acids is 3. The summed E-state index contributed by atoms with van der Waals surface area (Å²) in [6, 6.07) is -2.87. The maximum atomic E-state index is 12.1. The highest BCUT2D eigenvalue weighted by Crippen LogP contribution is 2.18. The topological polar surface area (TPSA) is 139 Å². The van der Waals surface area contributed by atoms with E-state index in [-0.39, 0.29) is 6.61 Å². The number of aliphatic carboxylic acids is 1. The zero-order valence-corrected chi connectivity index (χ0v) is 11.7. The molecular weight excluding hydrogens is 282 g/mol. The number of carboxylic acids is 1. The third kappa shape index (κ3) is 4.62. The highest BCUT2D eigenvalue weighted by molar-refractivity contribution is 5.89. The summed E-state index contributed by atoms with van der Waals surface area (Å²) in [6.45, 7) is 2.17. The average molecular weight is 301 g/mol. The molecule has 0 radical (unpaired) electrons. The summed E-state index contributed by atoms with van der Waals surface area (Å²) in [7, 11) is 0. The Labute approximate surface area is 121 Å². The molecule has 1 aliphatic heterocycles. The molecule has 1 heterocycles. The van der Waals surface area contributed by atoms with Gasteiger partial charge in [0, 0.05) is 6.54 Å². The van der Waals surface area contributed by atoms with Gasteiger partial charge >= 0.3 is 18.0 Å². The number of carbonyl (C=O) groups is 4. The number of hydrogen-bond donors (Lipinski definition) is 3. The molecule has 0 saturated carbocycles. The fourth-order valence-electron chi connectivity index (χ4n) is 2.13. The summed E-state index contributed by atoms with van der Waals surface area (Å²) >= 11 is 0. The van der Waals surface area contributed by atoms with Gasteiger partial charge in [0.2, 0.25) is 5.91 Å². The van der Waals surface area contributed by atoms with E-state index in [1.807, 2.05) is 0 Å². The van der Waals surface area contributed by atoms with Crippen LogP contribution in [0.3, 0.4) is 0 Å². The number of nitrogens with zero attached hydrogens (tertiary/aromatic N) is 1. The van der Waals surface area contributed by atoms with Gasteiger partial charge in [0.1, 0.15) is 12.1 Å². The van der Waals surface area contributed by atoms with E-state index in [1.165, 1.54) is 4.90 Å². The van der Waals surface area contributed by atoms with Crippen molar-refractivity contribution in [3.63, 3.8) is 0 Å². The second-order valence-corrected chi connectivity index (χ2v) is 4.61. The lowest BCUT2D eigenvalue weighted by molar-refractivity contribution is -0.147. The van der Waals surface area contributed by atoms with Crippen molar-refractivity contribution >= 4 is 23.9 Å². The van der Waals surface area contributed by atoms with Crippen LogP contribution in [-0.4, -0.2) is 59.1 Å². The van der Waals surface area contributed by atoms with Crippen molar-refractivity contribution in [3.8, 4) is 0 Å². The van der Waals surface area contributed by atoms with Gasteiger partial charge in [-0.05, 0) is 19.8 Å². The third-order valence-electron chi connectivity index (χ3n) is 3.07. The fourth-order valence-corrected chi connectivity index (χ4v) is 2.13. The third-order valence-corrected chi connectivity index (χ3v) is 3.07. The normalized spacial score (nSPS) is 18.9. The van der Waals surface area contributed by atoms with Crippen molar-refractivity contribution < 1.29 is 29.0 Å². The molecule has 21 heavy (non-hydrogen) atoms. The number of amides is 3. The van der Waals surface area contributed by atoms with Crippen molar-refractivity contribution in [2.24, 2.45) is 5.73 Å². The van der Waals surface area contributed by atoms with Crippen molar-refractivity contribution in [1.29, 1.82) is 0 Å². The SMILES string of the molecule is CCOC(=O)C1CCCN1C(=O)N[C@H](CC(N)=O)C(=O)O. The van der Waals surface area contributed by atoms with Gasteiger partial charge in [-0.25, -0.2) is 14.4 Å². The number of nitrogens with two attached hydrogens (primary N) is 1. The molecule has 9 nitrogen and oxygen atoms in total. The van der Waals surface area contributed by atoms with Crippen LogP contribution in [0.4, 0.5) is 4.79 Å². The summed E-state index contributed by atoms with van der Waals surface area (Å²) in [5.74, 6) is -2.73. The standard InChI is InChI=1S/C12H19N3O6/c1-2-21-11(19)8-4-3-5-15(8)12(20)14-7(10(17)18)6-9(13)16/h7-8H,2-6H2,1H3,(H2,13,16)(H,14,20)(H,17,18)/t7-,8?/m1/s1. The second kappa shape index (κ2) is 7.46. The van der Waals surface area contributed by atoms with Gasteiger partial charge in [-0.2, -0.15) is 0 Å². The number of hydrogen-bond acceptors (Lipinski definition) is 5. The number of carboxylic acid groups (broad SMARTS) is 1. The molecule has 1 unspecified atom stereocenters. The summed E-state index contributed by atoms with van der Waals surface area (Å²) in [5, 5.41) is 11.1. The first kappa shape index (κ1) is 16.7. The van der Waals surface area contributed by atoms with Crippen molar-refractivity contribution in [2.45, 2.75) is 38.3 Å². The van der Waals surface area contributed by atoms with Crippen LogP contribution in [0, 0.1) is 0 Å². The molecule has 0 bridgehead atoms. The Bertz CT molecular complexity index is 439. The molecule has 9 heteroatoms. The van der Waals surface area contributed by atoms with E-state index < -0.39 is 42.4 Å². The molecule has 1 rings (SSSR count). The molecule has 0 spiro atoms. The lowest BCUT2D eigenvalue weighted by atomic mass is 10.2. The smallest absolute Gasteiger partial charge is 0.328 e. The van der Waals surface area contributed by atoms with Gasteiger partial charge in [-0.3, -0.25) is 4.79 Å². The van der Waals surface area contributed by atoms with Gasteiger partial charge in [-0.1, -0.05) is 0 Å². The quantitative estimate of drug-likeness (QED) is 0.541. The Morgan fingerprint density at radius 2 is 2.10 bits per heavy atom. The minimum Gasteiger partial charge on any atom is -0.480 e. The van der Waals surface area contributed by atoms with Crippen molar-refractivity contribution in [3.05, 3.63) is 0 Å². The van der Waals surface area contributed by atoms with E-state index in [2.05, 4.69) is 5.32 Å². The number of urea groups is 1. The van der Waals surface area contributed by atoms with Gasteiger partial charge in [-0.15, -0.1) is 0 Å². The van der Waals surface area contributed by atoms with E-state index in [0.29, 0.717) is 19.4 Å². The molecule has 1 aliphatic rings. The summed E-state index contributed by atoms with van der Waals surface area (Å²) < 4.78 is 4.87. The van der Waals surface area contributed by atoms with Crippen molar-refractivity contribution in [2.75, 3.05) is 13.2 Å². The van der Waals surface area contributed by atoms with Crippen LogP contribution in [0.25, 0.3) is 0 Å². The van der Waals surface area contributed by atoms with Crippen LogP contribution in [0.2, 0.25) is 0 Å². The largest absolute Gasteiger partial charge is 0.480 e. The molecule has 0 aliphatic carbocycles. The fraction of sp³-hybridized carbons (Fsp3) is 0.667. The zero-order chi connectivity index (χ0) is 16.0. The lowest BCUT2D eigenvalue weighted by Gasteiger charge is -2.25. The number of nitrogens with one attached hydrogen (secondary N) is 1. The van der Waals surface area contributed by atoms with Crippen molar-refractivity contribution in [1.82, 2.24) is 10.2 Å². The molecule has 2 atom stereocenters. The van der Waals surface area contributed by atoms with Gasteiger partial charge < -0.3 is 25.8 Å². The zero-order valence-electron chi connectivity index (χ0n) is 11.7. The van der Waals surface area contributed by atoms with Crippen LogP contribution >= 0.6 is 0 Å². The van der Waals surface area contributed by atoms with Crippen LogP contribution in [-0.2, 0) is 19.1 Å². The predicted molar refractivity (Wildman–Crippen MR) is 70.1 cm³/mol. The van der Waals surface area contributed by atoms with E-state index in [1.54, 1.807) is 6.92 Å². The number of likely N-dealkylation sites (tertiary alicyclic amines) is 1. The highest BCUT2D eigenvalue weighted by atomic mass is 16.5. The number of esters is 1.